The molecule has 2 aromatic carbocycles. The molecule has 0 fully saturated rings. The van der Waals surface area contributed by atoms with Crippen molar-refractivity contribution in [3.63, 3.8) is 0 Å². The molecule has 0 heterocycles. The van der Waals surface area contributed by atoms with Crippen molar-refractivity contribution in [2.75, 3.05) is 5.32 Å². The zero-order chi connectivity index (χ0) is 16.1. The fraction of sp³-hybridized carbons (Fsp3) is 0.222. The van der Waals surface area contributed by atoms with Gasteiger partial charge in [-0.3, -0.25) is 4.79 Å². The van der Waals surface area contributed by atoms with Gasteiger partial charge in [0.2, 0.25) is 0 Å². The predicted octanol–water partition coefficient (Wildman–Crippen LogP) is 3.49. The number of hydrogen-bond acceptors (Lipinski definition) is 3. The van der Waals surface area contributed by atoms with E-state index in [9.17, 15) is 9.59 Å². The molecule has 4 heteroatoms. The lowest BCUT2D eigenvalue weighted by Crippen LogP contribution is -2.30. The Balaban J connectivity index is 1.94. The Hall–Kier alpha value is -2.62. The second-order valence-electron chi connectivity index (χ2n) is 5.27. The second-order valence-corrected chi connectivity index (χ2v) is 5.27. The molecular formula is C18H19NO3. The van der Waals surface area contributed by atoms with Gasteiger partial charge in [-0.1, -0.05) is 35.4 Å². The van der Waals surface area contributed by atoms with Crippen molar-refractivity contribution in [2.45, 2.75) is 26.9 Å². The van der Waals surface area contributed by atoms with Crippen LogP contribution >= 0.6 is 0 Å². The van der Waals surface area contributed by atoms with Crippen LogP contribution in [-0.2, 0) is 9.53 Å². The molecule has 0 spiro atoms. The number of esters is 1. The number of aryl methyl sites for hydroxylation is 2. The number of rotatable bonds is 4. The topological polar surface area (TPSA) is 55.4 Å². The summed E-state index contributed by atoms with van der Waals surface area (Å²) < 4.78 is 5.18. The van der Waals surface area contributed by atoms with Crippen LogP contribution in [0, 0.1) is 13.8 Å². The summed E-state index contributed by atoms with van der Waals surface area (Å²) in [5.74, 6) is -0.865. The Bertz CT molecular complexity index is 660. The van der Waals surface area contributed by atoms with E-state index in [0.717, 1.165) is 11.1 Å². The van der Waals surface area contributed by atoms with Crippen LogP contribution in [0.25, 0.3) is 0 Å². The molecule has 0 radical (unpaired) electrons. The van der Waals surface area contributed by atoms with E-state index in [-0.39, 0.29) is 5.91 Å². The Kier molecular flexibility index (Phi) is 4.94. The van der Waals surface area contributed by atoms with Crippen molar-refractivity contribution in [1.29, 1.82) is 0 Å². The van der Waals surface area contributed by atoms with E-state index >= 15 is 0 Å². The normalized spacial score (nSPS) is 11.6. The molecule has 0 saturated heterocycles. The van der Waals surface area contributed by atoms with Gasteiger partial charge in [-0.15, -0.1) is 0 Å². The Labute approximate surface area is 130 Å². The number of anilines is 1. The number of hydrogen-bond donors (Lipinski definition) is 1. The van der Waals surface area contributed by atoms with Crippen LogP contribution in [0.2, 0.25) is 0 Å². The highest BCUT2D eigenvalue weighted by Crippen LogP contribution is 2.11. The quantitative estimate of drug-likeness (QED) is 0.879. The first-order valence-electron chi connectivity index (χ1n) is 7.11. The highest BCUT2D eigenvalue weighted by molar-refractivity contribution is 5.97. The molecule has 1 amide bonds. The fourth-order valence-corrected chi connectivity index (χ4v) is 1.85. The average molecular weight is 297 g/mol. The number of nitrogens with one attached hydrogen (secondary N) is 1. The molecule has 1 unspecified atom stereocenters. The first-order valence-corrected chi connectivity index (χ1v) is 7.11. The molecule has 0 saturated carbocycles. The molecule has 1 atom stereocenters. The van der Waals surface area contributed by atoms with Crippen LogP contribution in [-0.4, -0.2) is 18.0 Å². The average Bonchev–Trinajstić information content (AvgIpc) is 2.50. The van der Waals surface area contributed by atoms with Gasteiger partial charge in [-0.05, 0) is 45.0 Å². The van der Waals surface area contributed by atoms with Gasteiger partial charge in [0.15, 0.2) is 6.10 Å². The molecule has 2 rings (SSSR count). The van der Waals surface area contributed by atoms with Gasteiger partial charge in [0, 0.05) is 5.69 Å². The van der Waals surface area contributed by atoms with Crippen LogP contribution in [0.5, 0.6) is 0 Å². The summed E-state index contributed by atoms with van der Waals surface area (Å²) in [4.78, 5) is 24.0. The van der Waals surface area contributed by atoms with E-state index in [1.54, 1.807) is 19.1 Å². The molecule has 0 aliphatic heterocycles. The molecule has 0 aliphatic carbocycles. The zero-order valence-corrected chi connectivity index (χ0v) is 12.9. The van der Waals surface area contributed by atoms with Crippen molar-refractivity contribution >= 4 is 17.6 Å². The lowest BCUT2D eigenvalue weighted by Gasteiger charge is -2.13. The van der Waals surface area contributed by atoms with Gasteiger partial charge in [-0.25, -0.2) is 4.79 Å². The van der Waals surface area contributed by atoms with Gasteiger partial charge in [0.1, 0.15) is 0 Å². The Morgan fingerprint density at radius 2 is 1.41 bits per heavy atom. The highest BCUT2D eigenvalue weighted by Gasteiger charge is 2.18. The van der Waals surface area contributed by atoms with Crippen LogP contribution in [0.15, 0.2) is 48.5 Å². The third-order valence-corrected chi connectivity index (χ3v) is 3.26. The van der Waals surface area contributed by atoms with Gasteiger partial charge >= 0.3 is 5.97 Å². The maximum absolute atomic E-state index is 12.0. The maximum Gasteiger partial charge on any atom is 0.338 e. The van der Waals surface area contributed by atoms with E-state index in [4.69, 9.17) is 4.74 Å². The van der Waals surface area contributed by atoms with Crippen LogP contribution in [0.1, 0.15) is 28.4 Å². The number of benzene rings is 2. The van der Waals surface area contributed by atoms with E-state index in [2.05, 4.69) is 5.32 Å². The summed E-state index contributed by atoms with van der Waals surface area (Å²) in [6.07, 6.45) is -0.866. The number of carbonyl (C=O) groups is 2. The summed E-state index contributed by atoms with van der Waals surface area (Å²) in [5, 5.41) is 2.72. The molecule has 114 valence electrons. The van der Waals surface area contributed by atoms with Gasteiger partial charge in [0.05, 0.1) is 5.56 Å². The third-order valence-electron chi connectivity index (χ3n) is 3.26. The van der Waals surface area contributed by atoms with E-state index in [1.165, 1.54) is 0 Å². The number of ether oxygens (including phenoxy) is 1. The minimum atomic E-state index is -0.866. The minimum Gasteiger partial charge on any atom is -0.449 e. The summed E-state index contributed by atoms with van der Waals surface area (Å²) in [6.45, 7) is 5.46. The molecule has 2 aromatic rings. The molecular weight excluding hydrogens is 278 g/mol. The maximum atomic E-state index is 12.0. The van der Waals surface area contributed by atoms with Crippen molar-refractivity contribution in [3.8, 4) is 0 Å². The summed E-state index contributed by atoms with van der Waals surface area (Å²) in [5.41, 5.74) is 3.27. The number of amides is 1. The van der Waals surface area contributed by atoms with Gasteiger partial charge < -0.3 is 10.1 Å². The van der Waals surface area contributed by atoms with Crippen molar-refractivity contribution in [3.05, 3.63) is 65.2 Å². The SMILES string of the molecule is Cc1ccc(NC(=O)C(C)OC(=O)c2ccc(C)cc2)cc1. The van der Waals surface area contributed by atoms with Crippen molar-refractivity contribution in [2.24, 2.45) is 0 Å². The summed E-state index contributed by atoms with van der Waals surface area (Å²) in [7, 11) is 0. The smallest absolute Gasteiger partial charge is 0.338 e. The molecule has 0 aromatic heterocycles. The first kappa shape index (κ1) is 15.8. The molecule has 22 heavy (non-hydrogen) atoms. The zero-order valence-electron chi connectivity index (χ0n) is 12.9. The van der Waals surface area contributed by atoms with E-state index < -0.39 is 12.1 Å². The van der Waals surface area contributed by atoms with Crippen LogP contribution in [0.3, 0.4) is 0 Å². The van der Waals surface area contributed by atoms with Gasteiger partial charge in [-0.2, -0.15) is 0 Å². The minimum absolute atomic E-state index is 0.357. The fourth-order valence-electron chi connectivity index (χ4n) is 1.85. The second kappa shape index (κ2) is 6.89. The van der Waals surface area contributed by atoms with E-state index in [0.29, 0.717) is 11.3 Å². The summed E-state index contributed by atoms with van der Waals surface area (Å²) in [6, 6.07) is 14.4. The monoisotopic (exact) mass is 297 g/mol. The molecule has 0 bridgehead atoms. The van der Waals surface area contributed by atoms with Crippen molar-refractivity contribution < 1.29 is 14.3 Å². The highest BCUT2D eigenvalue weighted by atomic mass is 16.5. The largest absolute Gasteiger partial charge is 0.449 e. The molecule has 1 N–H and O–H groups in total. The molecule has 0 aliphatic rings. The van der Waals surface area contributed by atoms with Crippen LogP contribution in [0.4, 0.5) is 5.69 Å². The third kappa shape index (κ3) is 4.19. The lowest BCUT2D eigenvalue weighted by molar-refractivity contribution is -0.123. The standard InChI is InChI=1S/C18H19NO3/c1-12-4-8-15(9-5-12)18(21)22-14(3)17(20)19-16-10-6-13(2)7-11-16/h4-11,14H,1-3H3,(H,19,20). The predicted molar refractivity (Wildman–Crippen MR) is 85.9 cm³/mol. The van der Waals surface area contributed by atoms with Crippen LogP contribution < -0.4 is 5.32 Å². The lowest BCUT2D eigenvalue weighted by atomic mass is 10.1. The van der Waals surface area contributed by atoms with Gasteiger partial charge in [0.25, 0.3) is 5.91 Å². The summed E-state index contributed by atoms with van der Waals surface area (Å²) >= 11 is 0. The Morgan fingerprint density at radius 3 is 1.95 bits per heavy atom. The first-order chi connectivity index (χ1) is 10.5. The number of carbonyl (C=O) groups excluding carboxylic acids is 2. The van der Waals surface area contributed by atoms with Crippen molar-refractivity contribution in [1.82, 2.24) is 0 Å². The Morgan fingerprint density at radius 1 is 0.909 bits per heavy atom. The molecule has 4 nitrogen and oxygen atoms in total. The van der Waals surface area contributed by atoms with E-state index in [1.807, 2.05) is 50.2 Å².